The summed E-state index contributed by atoms with van der Waals surface area (Å²) >= 11 is 0. The van der Waals surface area contributed by atoms with Crippen LogP contribution in [0, 0.1) is 0 Å². The van der Waals surface area contributed by atoms with Crippen LogP contribution in [0.2, 0.25) is 0 Å². The van der Waals surface area contributed by atoms with Crippen LogP contribution in [-0.2, 0) is 17.1 Å². The minimum atomic E-state index is -1.03. The number of hydrogen-bond donors (Lipinski definition) is 2. The Morgan fingerprint density at radius 3 is 1.35 bits per heavy atom. The average Bonchev–Trinajstić information content (AvgIpc) is 2.93. The number of carbonyl (C=O) groups is 2. The second kappa shape index (κ2) is 7.32. The van der Waals surface area contributed by atoms with Crippen LogP contribution in [0.4, 0.5) is 0 Å². The molecule has 0 unspecified atom stereocenters. The topological polar surface area (TPSA) is 101 Å². The van der Waals surface area contributed by atoms with Crippen molar-refractivity contribution in [1.82, 2.24) is 0 Å². The van der Waals surface area contributed by atoms with Gasteiger partial charge in [-0.15, -0.1) is 0 Å². The van der Waals surface area contributed by atoms with Crippen molar-refractivity contribution in [2.45, 2.75) is 0 Å². The van der Waals surface area contributed by atoms with Gasteiger partial charge in [0.1, 0.15) is 0 Å². The molecule has 2 rings (SSSR count). The van der Waals surface area contributed by atoms with Gasteiger partial charge in [-0.3, -0.25) is 0 Å². The Morgan fingerprint density at radius 2 is 1.24 bits per heavy atom. The molecule has 0 saturated heterocycles. The molecule has 0 aliphatic carbocycles. The third kappa shape index (κ3) is 5.05. The van der Waals surface area contributed by atoms with E-state index in [0.29, 0.717) is 0 Å². The van der Waals surface area contributed by atoms with Crippen molar-refractivity contribution < 1.29 is 45.7 Å². The quantitative estimate of drug-likeness (QED) is 0.815. The van der Waals surface area contributed by atoms with Crippen LogP contribution in [0.5, 0.6) is 0 Å². The summed E-state index contributed by atoms with van der Waals surface area (Å²) in [5.74, 6) is -2.11. The smallest absolute Gasteiger partial charge is 0.371 e. The Balaban J connectivity index is 0.000000284. The maximum atomic E-state index is 9.97. The zero-order valence-electron chi connectivity index (χ0n) is 8.37. The van der Waals surface area contributed by atoms with Crippen LogP contribution >= 0.6 is 0 Å². The van der Waals surface area contributed by atoms with E-state index in [1.165, 1.54) is 36.8 Å². The number of carboxylic acid groups (broad SMARTS) is 2. The molecule has 91 valence electrons. The van der Waals surface area contributed by atoms with Crippen molar-refractivity contribution in [3.05, 3.63) is 48.3 Å². The Labute approximate surface area is 106 Å². The first-order valence-electron chi connectivity index (χ1n) is 4.15. The molecule has 2 N–H and O–H groups in total. The molecule has 0 spiro atoms. The Bertz CT molecular complexity index is 401. The molecule has 2 aromatic heterocycles. The fourth-order valence-electron chi connectivity index (χ4n) is 0.800. The molecule has 0 aromatic carbocycles. The van der Waals surface area contributed by atoms with Crippen LogP contribution in [0.3, 0.4) is 0 Å². The largest absolute Gasteiger partial charge is 0.475 e. The zero-order chi connectivity index (χ0) is 12.0. The fourth-order valence-corrected chi connectivity index (χ4v) is 0.800. The molecule has 0 atom stereocenters. The van der Waals surface area contributed by atoms with Gasteiger partial charge in [0.2, 0.25) is 11.5 Å². The number of carboxylic acids is 2. The normalized spacial score (nSPS) is 8.47. The molecule has 6 nitrogen and oxygen atoms in total. The molecular formula is C10H8MnO6. The molecule has 0 amide bonds. The standard InChI is InChI=1S/2C5H4O3.Mn/c2*6-5(7)4-2-1-3-8-4;/h2*1-3H,(H,6,7);. The first-order chi connectivity index (χ1) is 7.61. The van der Waals surface area contributed by atoms with Gasteiger partial charge in [0.05, 0.1) is 12.5 Å². The molecule has 0 aliphatic heterocycles. The maximum absolute atomic E-state index is 9.97. The van der Waals surface area contributed by atoms with Crippen molar-refractivity contribution in [1.29, 1.82) is 0 Å². The first kappa shape index (κ1) is 15.0. The zero-order valence-corrected chi connectivity index (χ0v) is 9.55. The summed E-state index contributed by atoms with van der Waals surface area (Å²) in [5, 5.41) is 16.4. The molecule has 0 bridgehead atoms. The summed E-state index contributed by atoms with van der Waals surface area (Å²) in [6.07, 6.45) is 2.65. The summed E-state index contributed by atoms with van der Waals surface area (Å²) in [6, 6.07) is 5.84. The van der Waals surface area contributed by atoms with E-state index in [4.69, 9.17) is 10.2 Å². The van der Waals surface area contributed by atoms with Gasteiger partial charge in [0, 0.05) is 17.1 Å². The SMILES string of the molecule is O=C(O)c1ccco1.O=C(O)c1ccco1.[Mn]. The second-order valence-electron chi connectivity index (χ2n) is 2.56. The van der Waals surface area contributed by atoms with Crippen LogP contribution in [0.1, 0.15) is 21.1 Å². The van der Waals surface area contributed by atoms with E-state index in [1.807, 2.05) is 0 Å². The Morgan fingerprint density at radius 1 is 0.882 bits per heavy atom. The van der Waals surface area contributed by atoms with Gasteiger partial charge in [0.15, 0.2) is 0 Å². The van der Waals surface area contributed by atoms with Gasteiger partial charge < -0.3 is 19.0 Å². The Kier molecular flexibility index (Phi) is 6.47. The summed E-state index contributed by atoms with van der Waals surface area (Å²) in [5.41, 5.74) is 0. The molecule has 0 saturated carbocycles. The van der Waals surface area contributed by atoms with Crippen LogP contribution < -0.4 is 0 Å². The minimum Gasteiger partial charge on any atom is -0.475 e. The van der Waals surface area contributed by atoms with Gasteiger partial charge in [0.25, 0.3) is 0 Å². The molecule has 7 heteroatoms. The van der Waals surface area contributed by atoms with Crippen molar-refractivity contribution in [2.24, 2.45) is 0 Å². The average molecular weight is 279 g/mol. The second-order valence-corrected chi connectivity index (χ2v) is 2.56. The van der Waals surface area contributed by atoms with Gasteiger partial charge in [-0.05, 0) is 24.3 Å². The molecule has 0 fully saturated rings. The third-order valence-corrected chi connectivity index (χ3v) is 1.46. The van der Waals surface area contributed by atoms with Crippen LogP contribution in [-0.4, -0.2) is 22.2 Å². The van der Waals surface area contributed by atoms with Gasteiger partial charge >= 0.3 is 11.9 Å². The van der Waals surface area contributed by atoms with Crippen LogP contribution in [0.25, 0.3) is 0 Å². The predicted octanol–water partition coefficient (Wildman–Crippen LogP) is 1.95. The van der Waals surface area contributed by atoms with E-state index in [-0.39, 0.29) is 28.6 Å². The number of rotatable bonds is 2. The van der Waals surface area contributed by atoms with Gasteiger partial charge in [-0.1, -0.05) is 0 Å². The number of furan rings is 2. The molecule has 2 heterocycles. The number of aromatic carboxylic acids is 2. The van der Waals surface area contributed by atoms with E-state index in [1.54, 1.807) is 0 Å². The van der Waals surface area contributed by atoms with Gasteiger partial charge in [-0.25, -0.2) is 9.59 Å². The third-order valence-electron chi connectivity index (χ3n) is 1.46. The van der Waals surface area contributed by atoms with Crippen molar-refractivity contribution >= 4 is 11.9 Å². The summed E-state index contributed by atoms with van der Waals surface area (Å²) < 4.78 is 8.99. The molecule has 17 heavy (non-hydrogen) atoms. The molecular weight excluding hydrogens is 271 g/mol. The predicted molar refractivity (Wildman–Crippen MR) is 51.3 cm³/mol. The molecule has 2 aromatic rings. The monoisotopic (exact) mass is 279 g/mol. The van der Waals surface area contributed by atoms with Crippen LogP contribution in [0.15, 0.2) is 45.6 Å². The van der Waals surface area contributed by atoms with E-state index >= 15 is 0 Å². The minimum absolute atomic E-state index is 0. The van der Waals surface area contributed by atoms with E-state index < -0.39 is 11.9 Å². The molecule has 0 aliphatic rings. The molecule has 1 radical (unpaired) electrons. The van der Waals surface area contributed by atoms with Crippen molar-refractivity contribution in [3.8, 4) is 0 Å². The fraction of sp³-hybridized carbons (Fsp3) is 0. The summed E-state index contributed by atoms with van der Waals surface area (Å²) in [4.78, 5) is 19.9. The first-order valence-corrected chi connectivity index (χ1v) is 4.15. The maximum Gasteiger partial charge on any atom is 0.371 e. The van der Waals surface area contributed by atoms with Crippen molar-refractivity contribution in [2.75, 3.05) is 0 Å². The van der Waals surface area contributed by atoms with E-state index in [9.17, 15) is 9.59 Å². The van der Waals surface area contributed by atoms with Gasteiger partial charge in [-0.2, -0.15) is 0 Å². The van der Waals surface area contributed by atoms with E-state index in [0.717, 1.165) is 0 Å². The summed E-state index contributed by atoms with van der Waals surface area (Å²) in [7, 11) is 0. The van der Waals surface area contributed by atoms with Crippen molar-refractivity contribution in [3.63, 3.8) is 0 Å². The Hall–Kier alpha value is -1.98. The van der Waals surface area contributed by atoms with E-state index in [2.05, 4.69) is 8.83 Å². The number of hydrogen-bond acceptors (Lipinski definition) is 4. The summed E-state index contributed by atoms with van der Waals surface area (Å²) in [6.45, 7) is 0.